The van der Waals surface area contributed by atoms with Crippen LogP contribution in [0.25, 0.3) is 0 Å². The second-order valence-electron chi connectivity index (χ2n) is 6.99. The van der Waals surface area contributed by atoms with E-state index in [9.17, 15) is 4.79 Å². The van der Waals surface area contributed by atoms with E-state index in [1.165, 1.54) is 5.56 Å². The Morgan fingerprint density at radius 3 is 2.48 bits per heavy atom. The van der Waals surface area contributed by atoms with Gasteiger partial charge in [-0.3, -0.25) is 4.79 Å². The Morgan fingerprint density at radius 2 is 1.78 bits per heavy atom. The number of piperidine rings is 1. The minimum absolute atomic E-state index is 0.0177. The van der Waals surface area contributed by atoms with Crippen LogP contribution in [0.1, 0.15) is 41.3 Å². The lowest BCUT2D eigenvalue weighted by atomic mass is 10.0. The van der Waals surface area contributed by atoms with E-state index >= 15 is 0 Å². The molecule has 1 aliphatic heterocycles. The number of hydrogen-bond donors (Lipinski definition) is 2. The number of carbonyl (C=O) groups excluding carboxylic acids is 1. The van der Waals surface area contributed by atoms with Gasteiger partial charge in [0.1, 0.15) is 0 Å². The van der Waals surface area contributed by atoms with Gasteiger partial charge in [-0.1, -0.05) is 43.3 Å². The average Bonchev–Trinajstić information content (AvgIpc) is 2.69. The smallest absolute Gasteiger partial charge is 0.251 e. The molecule has 2 N–H and O–H groups in total. The van der Waals surface area contributed by atoms with Crippen LogP contribution in [0.3, 0.4) is 0 Å². The minimum Gasteiger partial charge on any atom is -0.349 e. The van der Waals surface area contributed by atoms with Crippen LogP contribution in [0.15, 0.2) is 48.5 Å². The molecule has 2 aromatic rings. The van der Waals surface area contributed by atoms with Crippen molar-refractivity contribution in [3.63, 3.8) is 0 Å². The lowest BCUT2D eigenvalue weighted by Gasteiger charge is -2.34. The van der Waals surface area contributed by atoms with E-state index in [-0.39, 0.29) is 11.9 Å². The van der Waals surface area contributed by atoms with E-state index in [2.05, 4.69) is 40.7 Å². The standard InChI is InChI=1S/C22H27N3OS/c1-3-17-9-5-7-11-20(17)24-22(27)25-14-12-18(13-15-25)23-21(26)19-10-6-4-8-16(19)2/h4-11,18H,3,12-15H2,1-2H3,(H,23,26)(H,24,27). The van der Waals surface area contributed by atoms with Gasteiger partial charge in [-0.05, 0) is 61.7 Å². The molecule has 27 heavy (non-hydrogen) atoms. The number of rotatable bonds is 4. The third-order valence-electron chi connectivity index (χ3n) is 5.15. The molecule has 0 unspecified atom stereocenters. The number of hydrogen-bond acceptors (Lipinski definition) is 2. The first kappa shape index (κ1) is 19.4. The maximum atomic E-state index is 12.5. The first-order chi connectivity index (χ1) is 13.1. The van der Waals surface area contributed by atoms with Gasteiger partial charge in [0.15, 0.2) is 5.11 Å². The first-order valence-corrected chi connectivity index (χ1v) is 9.99. The Balaban J connectivity index is 1.52. The van der Waals surface area contributed by atoms with Crippen molar-refractivity contribution in [3.8, 4) is 0 Å². The molecular weight excluding hydrogens is 354 g/mol. The fraction of sp³-hybridized carbons (Fsp3) is 0.364. The minimum atomic E-state index is 0.0177. The highest BCUT2D eigenvalue weighted by Gasteiger charge is 2.23. The summed E-state index contributed by atoms with van der Waals surface area (Å²) in [6, 6.07) is 16.2. The number of amides is 1. The summed E-state index contributed by atoms with van der Waals surface area (Å²) in [7, 11) is 0. The summed E-state index contributed by atoms with van der Waals surface area (Å²) in [4.78, 5) is 14.7. The SMILES string of the molecule is CCc1ccccc1NC(=S)N1CCC(NC(=O)c2ccccc2C)CC1. The fourth-order valence-corrected chi connectivity index (χ4v) is 3.76. The molecule has 0 aromatic heterocycles. The summed E-state index contributed by atoms with van der Waals surface area (Å²) in [5.74, 6) is 0.0177. The zero-order valence-corrected chi connectivity index (χ0v) is 16.8. The van der Waals surface area contributed by atoms with Crippen LogP contribution in [-0.2, 0) is 6.42 Å². The number of aryl methyl sites for hydroxylation is 2. The molecule has 4 nitrogen and oxygen atoms in total. The van der Waals surface area contributed by atoms with Crippen molar-refractivity contribution in [2.45, 2.75) is 39.2 Å². The lowest BCUT2D eigenvalue weighted by Crippen LogP contribution is -2.47. The Kier molecular flexibility index (Phi) is 6.45. The zero-order valence-electron chi connectivity index (χ0n) is 16.0. The van der Waals surface area contributed by atoms with Crippen molar-refractivity contribution in [2.24, 2.45) is 0 Å². The van der Waals surface area contributed by atoms with Crippen molar-refractivity contribution in [3.05, 3.63) is 65.2 Å². The van der Waals surface area contributed by atoms with Crippen LogP contribution in [-0.4, -0.2) is 35.1 Å². The van der Waals surface area contributed by atoms with E-state index < -0.39 is 0 Å². The summed E-state index contributed by atoms with van der Waals surface area (Å²) >= 11 is 5.61. The summed E-state index contributed by atoms with van der Waals surface area (Å²) in [6.45, 7) is 5.81. The summed E-state index contributed by atoms with van der Waals surface area (Å²) in [6.07, 6.45) is 2.77. The van der Waals surface area contributed by atoms with Gasteiger partial charge in [0.25, 0.3) is 5.91 Å². The molecule has 1 amide bonds. The summed E-state index contributed by atoms with van der Waals surface area (Å²) in [5.41, 5.74) is 4.11. The van der Waals surface area contributed by atoms with Crippen molar-refractivity contribution in [1.82, 2.24) is 10.2 Å². The average molecular weight is 382 g/mol. The van der Waals surface area contributed by atoms with Gasteiger partial charge in [0.05, 0.1) is 0 Å². The number of likely N-dealkylation sites (tertiary alicyclic amines) is 1. The molecule has 0 atom stereocenters. The normalized spacial score (nSPS) is 14.7. The van der Waals surface area contributed by atoms with Crippen LogP contribution >= 0.6 is 12.2 Å². The fourth-order valence-electron chi connectivity index (χ4n) is 3.46. The molecule has 1 aliphatic rings. The molecule has 3 rings (SSSR count). The third kappa shape index (κ3) is 4.86. The molecule has 0 bridgehead atoms. The van der Waals surface area contributed by atoms with Crippen molar-refractivity contribution < 1.29 is 4.79 Å². The highest BCUT2D eigenvalue weighted by atomic mass is 32.1. The second kappa shape index (κ2) is 9.00. The van der Waals surface area contributed by atoms with E-state index in [0.29, 0.717) is 0 Å². The van der Waals surface area contributed by atoms with Gasteiger partial charge in [-0.25, -0.2) is 0 Å². The molecule has 5 heteroatoms. The predicted molar refractivity (Wildman–Crippen MR) is 115 cm³/mol. The van der Waals surface area contributed by atoms with Crippen LogP contribution < -0.4 is 10.6 Å². The van der Waals surface area contributed by atoms with E-state index in [4.69, 9.17) is 12.2 Å². The van der Waals surface area contributed by atoms with Crippen LogP contribution in [0, 0.1) is 6.92 Å². The number of benzene rings is 2. The van der Waals surface area contributed by atoms with Crippen LogP contribution in [0.2, 0.25) is 0 Å². The van der Waals surface area contributed by atoms with Gasteiger partial charge in [0, 0.05) is 30.4 Å². The van der Waals surface area contributed by atoms with Gasteiger partial charge >= 0.3 is 0 Å². The number of anilines is 1. The summed E-state index contributed by atoms with van der Waals surface area (Å²) in [5, 5.41) is 7.33. The second-order valence-corrected chi connectivity index (χ2v) is 7.38. The summed E-state index contributed by atoms with van der Waals surface area (Å²) < 4.78 is 0. The molecular formula is C22H27N3OS. The lowest BCUT2D eigenvalue weighted by molar-refractivity contribution is 0.0922. The van der Waals surface area contributed by atoms with Gasteiger partial charge < -0.3 is 15.5 Å². The van der Waals surface area contributed by atoms with Crippen LogP contribution in [0.5, 0.6) is 0 Å². The molecule has 0 aliphatic carbocycles. The number of thiocarbonyl (C=S) groups is 1. The quantitative estimate of drug-likeness (QED) is 0.781. The topological polar surface area (TPSA) is 44.4 Å². The Labute approximate surface area is 167 Å². The molecule has 1 fully saturated rings. The highest BCUT2D eigenvalue weighted by Crippen LogP contribution is 2.18. The maximum Gasteiger partial charge on any atom is 0.251 e. The monoisotopic (exact) mass is 381 g/mol. The molecule has 142 valence electrons. The third-order valence-corrected chi connectivity index (χ3v) is 5.51. The number of nitrogens with zero attached hydrogens (tertiary/aromatic N) is 1. The maximum absolute atomic E-state index is 12.5. The van der Waals surface area contributed by atoms with Crippen molar-refractivity contribution >= 4 is 28.9 Å². The number of carbonyl (C=O) groups is 1. The Bertz CT molecular complexity index is 813. The number of para-hydroxylation sites is 1. The molecule has 0 radical (unpaired) electrons. The molecule has 0 spiro atoms. The van der Waals surface area contributed by atoms with Crippen molar-refractivity contribution in [2.75, 3.05) is 18.4 Å². The molecule has 1 saturated heterocycles. The van der Waals surface area contributed by atoms with Gasteiger partial charge in [-0.2, -0.15) is 0 Å². The van der Waals surface area contributed by atoms with E-state index in [0.717, 1.165) is 54.3 Å². The first-order valence-electron chi connectivity index (χ1n) is 9.58. The van der Waals surface area contributed by atoms with Gasteiger partial charge in [-0.15, -0.1) is 0 Å². The largest absolute Gasteiger partial charge is 0.349 e. The van der Waals surface area contributed by atoms with Crippen molar-refractivity contribution in [1.29, 1.82) is 0 Å². The molecule has 2 aromatic carbocycles. The van der Waals surface area contributed by atoms with Gasteiger partial charge in [0.2, 0.25) is 0 Å². The van der Waals surface area contributed by atoms with E-state index in [1.807, 2.05) is 37.3 Å². The zero-order chi connectivity index (χ0) is 19.2. The van der Waals surface area contributed by atoms with E-state index in [1.54, 1.807) is 0 Å². The number of nitrogens with one attached hydrogen (secondary N) is 2. The Hall–Kier alpha value is -2.40. The Morgan fingerprint density at radius 1 is 1.11 bits per heavy atom. The van der Waals surface area contributed by atoms with Crippen LogP contribution in [0.4, 0.5) is 5.69 Å². The highest BCUT2D eigenvalue weighted by molar-refractivity contribution is 7.80. The molecule has 0 saturated carbocycles. The predicted octanol–water partition coefficient (Wildman–Crippen LogP) is 4.15. The molecule has 1 heterocycles.